The summed E-state index contributed by atoms with van der Waals surface area (Å²) in [4.78, 5) is 12.4. The zero-order chi connectivity index (χ0) is 18.4. The third kappa shape index (κ3) is 4.75. The molecule has 0 aromatic heterocycles. The van der Waals surface area contributed by atoms with E-state index in [1.54, 1.807) is 43.5 Å². The van der Waals surface area contributed by atoms with E-state index in [0.29, 0.717) is 27.8 Å². The fraction of sp³-hybridized carbons (Fsp3) is 0.111. The molecule has 0 fully saturated rings. The van der Waals surface area contributed by atoms with Crippen LogP contribution in [0.1, 0.15) is 5.56 Å². The molecule has 0 aliphatic rings. The maximum Gasteiger partial charge on any atom is 0.266 e. The first-order chi connectivity index (χ1) is 12.0. The summed E-state index contributed by atoms with van der Waals surface area (Å²) in [6.07, 6.45) is 1.48. The van der Waals surface area contributed by atoms with Gasteiger partial charge in [-0.2, -0.15) is 5.26 Å². The number of ether oxygens (including phenoxy) is 2. The predicted octanol–water partition coefficient (Wildman–Crippen LogP) is 4.67. The van der Waals surface area contributed by atoms with Crippen LogP contribution in [0.25, 0.3) is 6.08 Å². The Morgan fingerprint density at radius 2 is 1.88 bits per heavy atom. The molecule has 0 atom stereocenters. The van der Waals surface area contributed by atoms with Crippen molar-refractivity contribution >= 4 is 45.2 Å². The fourth-order valence-corrected chi connectivity index (χ4v) is 2.79. The first kappa shape index (κ1) is 18.8. The maximum atomic E-state index is 12.4. The molecule has 1 amide bonds. The summed E-state index contributed by atoms with van der Waals surface area (Å²) >= 11 is 9.31. The van der Waals surface area contributed by atoms with E-state index in [2.05, 4.69) is 21.2 Å². The number of hydrogen-bond acceptors (Lipinski definition) is 4. The van der Waals surface area contributed by atoms with E-state index in [0.717, 1.165) is 4.47 Å². The van der Waals surface area contributed by atoms with Gasteiger partial charge in [0.15, 0.2) is 0 Å². The van der Waals surface area contributed by atoms with Crippen molar-refractivity contribution in [3.8, 4) is 17.6 Å². The molecule has 2 rings (SSSR count). The van der Waals surface area contributed by atoms with Crippen LogP contribution in [0.2, 0.25) is 5.02 Å². The van der Waals surface area contributed by atoms with Crippen molar-refractivity contribution in [1.29, 1.82) is 5.26 Å². The first-order valence-electron chi connectivity index (χ1n) is 7.08. The van der Waals surface area contributed by atoms with Gasteiger partial charge in [-0.05, 0) is 57.9 Å². The first-order valence-corrected chi connectivity index (χ1v) is 8.25. The molecule has 0 aliphatic heterocycles. The van der Waals surface area contributed by atoms with Gasteiger partial charge in [-0.15, -0.1) is 0 Å². The monoisotopic (exact) mass is 420 g/mol. The second kappa shape index (κ2) is 8.56. The second-order valence-corrected chi connectivity index (χ2v) is 6.15. The van der Waals surface area contributed by atoms with E-state index < -0.39 is 5.91 Å². The summed E-state index contributed by atoms with van der Waals surface area (Å²) in [6.45, 7) is 0. The number of nitrogens with one attached hydrogen (secondary N) is 1. The molecule has 1 N–H and O–H groups in total. The van der Waals surface area contributed by atoms with Crippen molar-refractivity contribution in [2.45, 2.75) is 0 Å². The van der Waals surface area contributed by atoms with Crippen LogP contribution in [0.4, 0.5) is 5.69 Å². The van der Waals surface area contributed by atoms with Gasteiger partial charge in [-0.25, -0.2) is 0 Å². The minimum atomic E-state index is -0.560. The standard InChI is InChI=1S/C18H14BrClN2O3/c1-24-16-5-3-11(8-14(16)19)7-12(10-21)18(23)22-15-9-13(20)4-6-17(15)25-2/h3-9H,1-2H3,(H,22,23)/b12-7+. The van der Waals surface area contributed by atoms with Gasteiger partial charge >= 0.3 is 0 Å². The van der Waals surface area contributed by atoms with Gasteiger partial charge < -0.3 is 14.8 Å². The molecule has 0 bridgehead atoms. The Morgan fingerprint density at radius 1 is 1.20 bits per heavy atom. The van der Waals surface area contributed by atoms with Gasteiger partial charge in [0.1, 0.15) is 23.1 Å². The van der Waals surface area contributed by atoms with E-state index in [1.165, 1.54) is 13.2 Å². The number of halogens is 2. The third-order valence-corrected chi connectivity index (χ3v) is 4.12. The summed E-state index contributed by atoms with van der Waals surface area (Å²) < 4.78 is 11.1. The maximum absolute atomic E-state index is 12.4. The molecule has 7 heteroatoms. The summed E-state index contributed by atoms with van der Waals surface area (Å²) in [7, 11) is 3.04. The van der Waals surface area contributed by atoms with Gasteiger partial charge in [0, 0.05) is 5.02 Å². The number of anilines is 1. The van der Waals surface area contributed by atoms with Gasteiger partial charge in [-0.1, -0.05) is 17.7 Å². The Labute approximate surface area is 158 Å². The lowest BCUT2D eigenvalue weighted by Crippen LogP contribution is -2.14. The number of amides is 1. The number of rotatable bonds is 5. The van der Waals surface area contributed by atoms with E-state index >= 15 is 0 Å². The second-order valence-electron chi connectivity index (χ2n) is 4.86. The Balaban J connectivity index is 2.29. The smallest absolute Gasteiger partial charge is 0.266 e. The lowest BCUT2D eigenvalue weighted by Gasteiger charge is -2.10. The molecule has 0 saturated heterocycles. The van der Waals surface area contributed by atoms with Crippen molar-refractivity contribution in [3.05, 3.63) is 57.0 Å². The fourth-order valence-electron chi connectivity index (χ4n) is 2.06. The molecular weight excluding hydrogens is 408 g/mol. The predicted molar refractivity (Wildman–Crippen MR) is 101 cm³/mol. The van der Waals surface area contributed by atoms with Crippen LogP contribution in [0.5, 0.6) is 11.5 Å². The Bertz CT molecular complexity index is 875. The van der Waals surface area contributed by atoms with Gasteiger partial charge in [0.25, 0.3) is 5.91 Å². The third-order valence-electron chi connectivity index (χ3n) is 3.26. The van der Waals surface area contributed by atoms with Crippen LogP contribution in [-0.2, 0) is 4.79 Å². The molecule has 0 aliphatic carbocycles. The average molecular weight is 422 g/mol. The normalized spacial score (nSPS) is 10.8. The molecule has 0 unspecified atom stereocenters. The highest BCUT2D eigenvalue weighted by atomic mass is 79.9. The van der Waals surface area contributed by atoms with Crippen LogP contribution in [0, 0.1) is 11.3 Å². The molecular formula is C18H14BrClN2O3. The van der Waals surface area contributed by atoms with Gasteiger partial charge in [0.2, 0.25) is 0 Å². The van der Waals surface area contributed by atoms with Crippen molar-refractivity contribution in [3.63, 3.8) is 0 Å². The number of nitrogens with zero attached hydrogens (tertiary/aromatic N) is 1. The molecule has 0 spiro atoms. The van der Waals surface area contributed by atoms with Crippen LogP contribution in [0.15, 0.2) is 46.4 Å². The molecule has 2 aromatic rings. The Kier molecular flexibility index (Phi) is 6.45. The minimum Gasteiger partial charge on any atom is -0.496 e. The lowest BCUT2D eigenvalue weighted by atomic mass is 10.1. The van der Waals surface area contributed by atoms with E-state index in [-0.39, 0.29) is 5.57 Å². The van der Waals surface area contributed by atoms with E-state index in [1.807, 2.05) is 6.07 Å². The molecule has 128 valence electrons. The zero-order valence-corrected chi connectivity index (χ0v) is 15.8. The number of benzene rings is 2. The summed E-state index contributed by atoms with van der Waals surface area (Å²) in [5.74, 6) is 0.543. The number of carbonyl (C=O) groups excluding carboxylic acids is 1. The number of hydrogen-bond donors (Lipinski definition) is 1. The van der Waals surface area contributed by atoms with Crippen molar-refractivity contribution in [1.82, 2.24) is 0 Å². The van der Waals surface area contributed by atoms with Gasteiger partial charge in [0.05, 0.1) is 24.4 Å². The van der Waals surface area contributed by atoms with Crippen LogP contribution < -0.4 is 14.8 Å². The number of methoxy groups -OCH3 is 2. The molecule has 0 heterocycles. The average Bonchev–Trinajstić information content (AvgIpc) is 2.60. The molecule has 2 aromatic carbocycles. The quantitative estimate of drug-likeness (QED) is 0.563. The summed E-state index contributed by atoms with van der Waals surface area (Å²) in [5.41, 5.74) is 1.01. The molecule has 5 nitrogen and oxygen atoms in total. The van der Waals surface area contributed by atoms with E-state index in [4.69, 9.17) is 21.1 Å². The molecule has 0 radical (unpaired) electrons. The molecule has 25 heavy (non-hydrogen) atoms. The van der Waals surface area contributed by atoms with Crippen LogP contribution in [-0.4, -0.2) is 20.1 Å². The number of nitriles is 1. The topological polar surface area (TPSA) is 71.3 Å². The van der Waals surface area contributed by atoms with Crippen molar-refractivity contribution in [2.24, 2.45) is 0 Å². The van der Waals surface area contributed by atoms with Crippen LogP contribution in [0.3, 0.4) is 0 Å². The highest BCUT2D eigenvalue weighted by Gasteiger charge is 2.13. The van der Waals surface area contributed by atoms with E-state index in [9.17, 15) is 10.1 Å². The lowest BCUT2D eigenvalue weighted by molar-refractivity contribution is -0.112. The highest BCUT2D eigenvalue weighted by molar-refractivity contribution is 9.10. The summed E-state index contributed by atoms with van der Waals surface area (Å²) in [6, 6.07) is 12.0. The van der Waals surface area contributed by atoms with Crippen molar-refractivity contribution < 1.29 is 14.3 Å². The highest BCUT2D eigenvalue weighted by Crippen LogP contribution is 2.29. The minimum absolute atomic E-state index is 0.0564. The Morgan fingerprint density at radius 3 is 2.48 bits per heavy atom. The Hall–Kier alpha value is -2.49. The summed E-state index contributed by atoms with van der Waals surface area (Å²) in [5, 5.41) is 12.4. The van der Waals surface area contributed by atoms with Crippen LogP contribution >= 0.6 is 27.5 Å². The molecule has 0 saturated carbocycles. The van der Waals surface area contributed by atoms with Crippen molar-refractivity contribution in [2.75, 3.05) is 19.5 Å². The zero-order valence-electron chi connectivity index (χ0n) is 13.5. The van der Waals surface area contributed by atoms with Gasteiger partial charge in [-0.3, -0.25) is 4.79 Å². The number of carbonyl (C=O) groups is 1. The largest absolute Gasteiger partial charge is 0.496 e. The SMILES string of the molecule is COc1ccc(/C=C(\C#N)C(=O)Nc2cc(Cl)ccc2OC)cc1Br.